The summed E-state index contributed by atoms with van der Waals surface area (Å²) in [5, 5.41) is 19.2. The number of aromatic amines is 1. The van der Waals surface area contributed by atoms with E-state index in [1.54, 1.807) is 0 Å². The van der Waals surface area contributed by atoms with Crippen LogP contribution in [0.1, 0.15) is 25.2 Å². The van der Waals surface area contributed by atoms with E-state index in [0.717, 1.165) is 46.9 Å². The molecule has 33 heavy (non-hydrogen) atoms. The Labute approximate surface area is 192 Å². The molecule has 0 spiro atoms. The van der Waals surface area contributed by atoms with Crippen LogP contribution in [-0.4, -0.2) is 35.4 Å². The molecule has 7 heteroatoms. The van der Waals surface area contributed by atoms with Crippen molar-refractivity contribution in [3.05, 3.63) is 90.3 Å². The predicted octanol–water partition coefficient (Wildman–Crippen LogP) is 5.04. The first-order valence-corrected chi connectivity index (χ1v) is 11.1. The van der Waals surface area contributed by atoms with Crippen molar-refractivity contribution < 1.29 is 0 Å². The van der Waals surface area contributed by atoms with Gasteiger partial charge in [0.05, 0.1) is 0 Å². The molecular formula is C26H25N7. The Bertz CT molecular complexity index is 1320. The maximum Gasteiger partial charge on any atom is 0.181 e. The zero-order valence-corrected chi connectivity index (χ0v) is 18.7. The lowest BCUT2D eigenvalue weighted by Gasteiger charge is -2.10. The molecule has 0 atom stereocenters. The van der Waals surface area contributed by atoms with Crippen molar-refractivity contribution in [1.29, 1.82) is 0 Å². The van der Waals surface area contributed by atoms with Crippen molar-refractivity contribution in [2.24, 2.45) is 5.92 Å². The Balaban J connectivity index is 1.43. The highest BCUT2D eigenvalue weighted by molar-refractivity contribution is 5.80. The number of hydrogen-bond acceptors (Lipinski definition) is 5. The van der Waals surface area contributed by atoms with Crippen molar-refractivity contribution in [3.8, 4) is 33.9 Å². The number of nitrogens with zero attached hydrogens (tertiary/aromatic N) is 6. The minimum absolute atomic E-state index is 0.485. The Hall–Kier alpha value is -4.13. The fourth-order valence-electron chi connectivity index (χ4n) is 3.91. The van der Waals surface area contributed by atoms with Gasteiger partial charge in [-0.05, 0) is 33.0 Å². The van der Waals surface area contributed by atoms with Gasteiger partial charge in [0.2, 0.25) is 0 Å². The van der Waals surface area contributed by atoms with Crippen LogP contribution < -0.4 is 0 Å². The molecule has 0 saturated carbocycles. The second-order valence-corrected chi connectivity index (χ2v) is 8.46. The maximum atomic E-state index is 4.88. The van der Waals surface area contributed by atoms with Gasteiger partial charge >= 0.3 is 0 Å². The first-order chi connectivity index (χ1) is 16.2. The lowest BCUT2D eigenvalue weighted by Crippen LogP contribution is -2.10. The van der Waals surface area contributed by atoms with E-state index in [-0.39, 0.29) is 0 Å². The van der Waals surface area contributed by atoms with Crippen LogP contribution >= 0.6 is 0 Å². The molecule has 0 aliphatic heterocycles. The highest BCUT2D eigenvalue weighted by Crippen LogP contribution is 2.30. The molecule has 0 fully saturated rings. The summed E-state index contributed by atoms with van der Waals surface area (Å²) in [7, 11) is 0. The average molecular weight is 436 g/mol. The van der Waals surface area contributed by atoms with E-state index in [9.17, 15) is 0 Å². The van der Waals surface area contributed by atoms with Gasteiger partial charge in [-0.2, -0.15) is 5.10 Å². The Morgan fingerprint density at radius 2 is 1.55 bits per heavy atom. The van der Waals surface area contributed by atoms with Gasteiger partial charge in [-0.25, -0.2) is 14.8 Å². The Kier molecular flexibility index (Phi) is 5.76. The molecule has 0 unspecified atom stereocenters. The fraction of sp³-hybridized carbons (Fsp3) is 0.192. The molecule has 0 bridgehead atoms. The van der Waals surface area contributed by atoms with Crippen molar-refractivity contribution in [1.82, 2.24) is 35.4 Å². The largest absolute Gasteiger partial charge is 0.249 e. The van der Waals surface area contributed by atoms with Crippen LogP contribution in [0.25, 0.3) is 33.9 Å². The summed E-state index contributed by atoms with van der Waals surface area (Å²) in [5.74, 6) is 2.89. The summed E-state index contributed by atoms with van der Waals surface area (Å²) in [6, 6.07) is 26.8. The molecule has 3 aromatic carbocycles. The Morgan fingerprint density at radius 3 is 2.24 bits per heavy atom. The number of hydrogen-bond donors (Lipinski definition) is 1. The third-order valence-electron chi connectivity index (χ3n) is 5.47. The third-order valence-corrected chi connectivity index (χ3v) is 5.47. The molecule has 5 rings (SSSR count). The van der Waals surface area contributed by atoms with E-state index in [2.05, 4.69) is 76.9 Å². The predicted molar refractivity (Wildman–Crippen MR) is 128 cm³/mol. The molecular weight excluding hydrogens is 410 g/mol. The third kappa shape index (κ3) is 4.57. The van der Waals surface area contributed by atoms with Gasteiger partial charge in [0.15, 0.2) is 11.6 Å². The topological polar surface area (TPSA) is 85.2 Å². The van der Waals surface area contributed by atoms with Crippen molar-refractivity contribution >= 4 is 0 Å². The molecule has 164 valence electrons. The summed E-state index contributed by atoms with van der Waals surface area (Å²) in [4.78, 5) is 4.88. The molecule has 5 aromatic rings. The zero-order valence-electron chi connectivity index (χ0n) is 18.7. The van der Waals surface area contributed by atoms with Crippen LogP contribution in [0.15, 0.2) is 78.9 Å². The summed E-state index contributed by atoms with van der Waals surface area (Å²) >= 11 is 0. The van der Waals surface area contributed by atoms with E-state index in [4.69, 9.17) is 10.1 Å². The minimum atomic E-state index is 0.485. The van der Waals surface area contributed by atoms with Gasteiger partial charge in [-0.15, -0.1) is 5.10 Å². The maximum absolute atomic E-state index is 4.88. The van der Waals surface area contributed by atoms with Crippen LogP contribution in [-0.2, 0) is 13.0 Å². The molecule has 2 heterocycles. The van der Waals surface area contributed by atoms with E-state index in [0.29, 0.717) is 11.7 Å². The summed E-state index contributed by atoms with van der Waals surface area (Å²) in [6.07, 6.45) is 0.723. The lowest BCUT2D eigenvalue weighted by atomic mass is 9.98. The number of aromatic nitrogens is 7. The van der Waals surface area contributed by atoms with E-state index >= 15 is 0 Å². The standard InChI is InChI=1S/C26H25N7/c1-18(2)17-33-24(27-25(30-33)21-8-4-3-5-9-21)16-19-12-14-20(15-13-19)22-10-6-7-11-23(22)26-28-31-32-29-26/h3-15,18H,16-17H2,1-2H3,(H,28,29,31,32). The smallest absolute Gasteiger partial charge is 0.181 e. The molecule has 0 aliphatic carbocycles. The number of benzene rings is 3. The van der Waals surface area contributed by atoms with Crippen LogP contribution in [0.4, 0.5) is 0 Å². The number of rotatable bonds is 7. The first-order valence-electron chi connectivity index (χ1n) is 11.1. The SMILES string of the molecule is CC(C)Cn1nc(-c2ccccc2)nc1Cc1ccc(-c2ccccc2-c2nnn[nH]2)cc1. The van der Waals surface area contributed by atoms with Crippen LogP contribution in [0.2, 0.25) is 0 Å². The van der Waals surface area contributed by atoms with Gasteiger partial charge in [-0.1, -0.05) is 92.7 Å². The molecule has 0 saturated heterocycles. The zero-order chi connectivity index (χ0) is 22.6. The molecule has 0 radical (unpaired) electrons. The number of nitrogens with one attached hydrogen (secondary N) is 1. The average Bonchev–Trinajstić information content (AvgIpc) is 3.51. The molecule has 0 aliphatic rings. The second kappa shape index (κ2) is 9.16. The van der Waals surface area contributed by atoms with Crippen LogP contribution in [0.3, 0.4) is 0 Å². The van der Waals surface area contributed by atoms with Crippen LogP contribution in [0, 0.1) is 5.92 Å². The van der Waals surface area contributed by atoms with Crippen LogP contribution in [0.5, 0.6) is 0 Å². The molecule has 1 N–H and O–H groups in total. The normalized spacial score (nSPS) is 11.2. The second-order valence-electron chi connectivity index (χ2n) is 8.46. The van der Waals surface area contributed by atoms with Gasteiger partial charge < -0.3 is 0 Å². The van der Waals surface area contributed by atoms with Crippen molar-refractivity contribution in [2.45, 2.75) is 26.8 Å². The van der Waals surface area contributed by atoms with Gasteiger partial charge in [-0.3, -0.25) is 0 Å². The van der Waals surface area contributed by atoms with Crippen molar-refractivity contribution in [2.75, 3.05) is 0 Å². The highest BCUT2D eigenvalue weighted by atomic mass is 15.5. The molecule has 7 nitrogen and oxygen atoms in total. The summed E-state index contributed by atoms with van der Waals surface area (Å²) < 4.78 is 2.05. The minimum Gasteiger partial charge on any atom is -0.249 e. The Morgan fingerprint density at radius 1 is 0.818 bits per heavy atom. The number of H-pyrrole nitrogens is 1. The molecule has 0 amide bonds. The summed E-state index contributed by atoms with van der Waals surface area (Å²) in [5.41, 5.74) is 5.39. The quantitative estimate of drug-likeness (QED) is 0.387. The van der Waals surface area contributed by atoms with E-state index < -0.39 is 0 Å². The highest BCUT2D eigenvalue weighted by Gasteiger charge is 2.14. The van der Waals surface area contributed by atoms with Crippen molar-refractivity contribution in [3.63, 3.8) is 0 Å². The van der Waals surface area contributed by atoms with Gasteiger partial charge in [0.25, 0.3) is 0 Å². The summed E-state index contributed by atoms with van der Waals surface area (Å²) in [6.45, 7) is 5.24. The monoisotopic (exact) mass is 435 g/mol. The van der Waals surface area contributed by atoms with E-state index in [1.807, 2.05) is 41.1 Å². The van der Waals surface area contributed by atoms with Gasteiger partial charge in [0, 0.05) is 24.1 Å². The lowest BCUT2D eigenvalue weighted by molar-refractivity contribution is 0.469. The first kappa shape index (κ1) is 20.8. The van der Waals surface area contributed by atoms with E-state index in [1.165, 1.54) is 5.56 Å². The van der Waals surface area contributed by atoms with Gasteiger partial charge in [0.1, 0.15) is 5.82 Å². The fourth-order valence-corrected chi connectivity index (χ4v) is 3.91. The number of tetrazole rings is 1. The molecule has 2 aromatic heterocycles.